The number of nitrogens with zero attached hydrogens (tertiary/aromatic N) is 3. The van der Waals surface area contributed by atoms with E-state index in [4.69, 9.17) is 0 Å². The molecule has 0 radical (unpaired) electrons. The van der Waals surface area contributed by atoms with Crippen LogP contribution >= 0.6 is 15.9 Å². The number of carbonyl (C=O) groups is 2. The number of benzene rings is 1. The Balaban J connectivity index is 1.83. The highest BCUT2D eigenvalue weighted by atomic mass is 79.9. The largest absolute Gasteiger partial charge is 0.480 e. The van der Waals surface area contributed by atoms with E-state index in [2.05, 4.69) is 21.0 Å². The number of carboxylic acids is 1. The molecule has 0 aliphatic carbocycles. The van der Waals surface area contributed by atoms with E-state index >= 15 is 0 Å². The lowest BCUT2D eigenvalue weighted by atomic mass is 10.0. The van der Waals surface area contributed by atoms with Crippen LogP contribution < -0.4 is 0 Å². The van der Waals surface area contributed by atoms with Crippen LogP contribution in [-0.4, -0.2) is 44.3 Å². The molecule has 3 rings (SSSR count). The summed E-state index contributed by atoms with van der Waals surface area (Å²) >= 11 is 3.37. The van der Waals surface area contributed by atoms with Crippen molar-refractivity contribution in [3.63, 3.8) is 0 Å². The number of halogens is 1. The Labute approximate surface area is 141 Å². The van der Waals surface area contributed by atoms with Gasteiger partial charge in [0.1, 0.15) is 6.04 Å². The zero-order valence-electron chi connectivity index (χ0n) is 12.4. The molecule has 1 N–H and O–H groups in total. The SMILES string of the molecule is O=C(O)C1CCCCN1C(=O)c1cnn(-c2ccc(Br)cc2)c1. The maximum atomic E-state index is 12.6. The maximum Gasteiger partial charge on any atom is 0.326 e. The molecule has 2 aromatic rings. The highest BCUT2D eigenvalue weighted by Gasteiger charge is 2.32. The zero-order valence-corrected chi connectivity index (χ0v) is 13.9. The molecule has 23 heavy (non-hydrogen) atoms. The van der Waals surface area contributed by atoms with Crippen LogP contribution in [0.25, 0.3) is 5.69 Å². The molecule has 0 bridgehead atoms. The minimum atomic E-state index is -0.946. The third kappa shape index (κ3) is 3.29. The van der Waals surface area contributed by atoms with Crippen LogP contribution in [0.3, 0.4) is 0 Å². The van der Waals surface area contributed by atoms with Gasteiger partial charge in [0.15, 0.2) is 0 Å². The number of aliphatic carboxylic acids is 1. The van der Waals surface area contributed by atoms with E-state index in [9.17, 15) is 14.7 Å². The topological polar surface area (TPSA) is 75.4 Å². The number of hydrogen-bond acceptors (Lipinski definition) is 3. The number of aromatic nitrogens is 2. The lowest BCUT2D eigenvalue weighted by molar-refractivity contribution is -0.143. The first-order valence-electron chi connectivity index (χ1n) is 7.40. The van der Waals surface area contributed by atoms with Gasteiger partial charge < -0.3 is 10.0 Å². The third-order valence-corrected chi connectivity index (χ3v) is 4.50. The fraction of sp³-hybridized carbons (Fsp3) is 0.312. The molecule has 7 heteroatoms. The minimum absolute atomic E-state index is 0.277. The smallest absolute Gasteiger partial charge is 0.326 e. The summed E-state index contributed by atoms with van der Waals surface area (Å²) in [5, 5.41) is 13.5. The Hall–Kier alpha value is -2.15. The van der Waals surface area contributed by atoms with Crippen LogP contribution in [0.5, 0.6) is 0 Å². The summed E-state index contributed by atoms with van der Waals surface area (Å²) in [4.78, 5) is 25.4. The molecule has 1 amide bonds. The number of hydrogen-bond donors (Lipinski definition) is 1. The molecule has 1 aliphatic heterocycles. The van der Waals surface area contributed by atoms with Crippen molar-refractivity contribution < 1.29 is 14.7 Å². The fourth-order valence-electron chi connectivity index (χ4n) is 2.77. The van der Waals surface area contributed by atoms with Crippen molar-refractivity contribution >= 4 is 27.8 Å². The Morgan fingerprint density at radius 2 is 1.96 bits per heavy atom. The van der Waals surface area contributed by atoms with Crippen molar-refractivity contribution in [1.82, 2.24) is 14.7 Å². The van der Waals surface area contributed by atoms with Gasteiger partial charge in [0.2, 0.25) is 0 Å². The second-order valence-corrected chi connectivity index (χ2v) is 6.41. The Kier molecular flexibility index (Phi) is 4.47. The quantitative estimate of drug-likeness (QED) is 0.891. The van der Waals surface area contributed by atoms with Crippen molar-refractivity contribution in [3.8, 4) is 5.69 Å². The van der Waals surface area contributed by atoms with Crippen molar-refractivity contribution in [2.45, 2.75) is 25.3 Å². The molecule has 120 valence electrons. The van der Waals surface area contributed by atoms with E-state index in [1.165, 1.54) is 11.1 Å². The van der Waals surface area contributed by atoms with Crippen molar-refractivity contribution in [2.24, 2.45) is 0 Å². The molecular formula is C16H16BrN3O3. The van der Waals surface area contributed by atoms with Crippen LogP contribution in [0.4, 0.5) is 0 Å². The highest BCUT2D eigenvalue weighted by molar-refractivity contribution is 9.10. The predicted molar refractivity (Wildman–Crippen MR) is 87.6 cm³/mol. The molecule has 2 heterocycles. The molecule has 1 aliphatic rings. The summed E-state index contributed by atoms with van der Waals surface area (Å²) in [7, 11) is 0. The first kappa shape index (κ1) is 15.7. The van der Waals surface area contributed by atoms with Crippen LogP contribution in [0.15, 0.2) is 41.1 Å². The summed E-state index contributed by atoms with van der Waals surface area (Å²) in [5.41, 5.74) is 1.24. The van der Waals surface area contributed by atoms with E-state index in [1.807, 2.05) is 24.3 Å². The van der Waals surface area contributed by atoms with Crippen LogP contribution in [0.2, 0.25) is 0 Å². The molecule has 1 fully saturated rings. The molecule has 1 aromatic carbocycles. The molecule has 0 spiro atoms. The number of piperidine rings is 1. The highest BCUT2D eigenvalue weighted by Crippen LogP contribution is 2.20. The van der Waals surface area contributed by atoms with Gasteiger partial charge in [-0.25, -0.2) is 9.48 Å². The maximum absolute atomic E-state index is 12.6. The second-order valence-electron chi connectivity index (χ2n) is 5.50. The number of carboxylic acid groups (broad SMARTS) is 1. The van der Waals surface area contributed by atoms with Gasteiger partial charge in [0.25, 0.3) is 5.91 Å². The molecule has 1 unspecified atom stereocenters. The number of carbonyl (C=O) groups excluding carboxylic acids is 1. The van der Waals surface area contributed by atoms with E-state index in [1.54, 1.807) is 10.9 Å². The van der Waals surface area contributed by atoms with Gasteiger partial charge in [0.05, 0.1) is 17.4 Å². The summed E-state index contributed by atoms with van der Waals surface area (Å²) in [5.74, 6) is -1.22. The standard InChI is InChI=1S/C16H16BrN3O3/c17-12-4-6-13(7-5-12)20-10-11(9-18-20)15(21)19-8-2-1-3-14(19)16(22)23/h4-7,9-10,14H,1-3,8H2,(H,22,23). The molecule has 0 saturated carbocycles. The predicted octanol–water partition coefficient (Wildman–Crippen LogP) is 2.71. The Morgan fingerprint density at radius 3 is 2.65 bits per heavy atom. The van der Waals surface area contributed by atoms with Gasteiger partial charge in [0, 0.05) is 17.2 Å². The summed E-state index contributed by atoms with van der Waals surface area (Å²) in [6.45, 7) is 0.471. The van der Waals surface area contributed by atoms with Gasteiger partial charge in [-0.1, -0.05) is 15.9 Å². The number of likely N-dealkylation sites (tertiary alicyclic amines) is 1. The van der Waals surface area contributed by atoms with E-state index in [0.29, 0.717) is 18.5 Å². The van der Waals surface area contributed by atoms with Crippen molar-refractivity contribution in [1.29, 1.82) is 0 Å². The van der Waals surface area contributed by atoms with Crippen LogP contribution in [0.1, 0.15) is 29.6 Å². The van der Waals surface area contributed by atoms with Gasteiger partial charge in [-0.05, 0) is 43.5 Å². The Morgan fingerprint density at radius 1 is 1.22 bits per heavy atom. The van der Waals surface area contributed by atoms with E-state index in [-0.39, 0.29) is 5.91 Å². The lowest BCUT2D eigenvalue weighted by Gasteiger charge is -2.32. The summed E-state index contributed by atoms with van der Waals surface area (Å²) < 4.78 is 2.57. The first-order valence-corrected chi connectivity index (χ1v) is 8.20. The van der Waals surface area contributed by atoms with Crippen molar-refractivity contribution in [2.75, 3.05) is 6.54 Å². The van der Waals surface area contributed by atoms with Gasteiger partial charge >= 0.3 is 5.97 Å². The van der Waals surface area contributed by atoms with Gasteiger partial charge in [-0.3, -0.25) is 4.79 Å². The average molecular weight is 378 g/mol. The lowest BCUT2D eigenvalue weighted by Crippen LogP contribution is -2.47. The third-order valence-electron chi connectivity index (χ3n) is 3.97. The first-order chi connectivity index (χ1) is 11.1. The van der Waals surface area contributed by atoms with E-state index in [0.717, 1.165) is 23.0 Å². The normalized spacial score (nSPS) is 18.0. The summed E-state index contributed by atoms with van der Waals surface area (Å²) in [6.07, 6.45) is 5.29. The van der Waals surface area contributed by atoms with Crippen LogP contribution in [0, 0.1) is 0 Å². The van der Waals surface area contributed by atoms with E-state index < -0.39 is 12.0 Å². The zero-order chi connectivity index (χ0) is 16.4. The molecule has 1 aromatic heterocycles. The van der Waals surface area contributed by atoms with Crippen LogP contribution in [-0.2, 0) is 4.79 Å². The molecule has 1 atom stereocenters. The molecule has 6 nitrogen and oxygen atoms in total. The second kappa shape index (κ2) is 6.54. The average Bonchev–Trinajstić information content (AvgIpc) is 3.04. The molecular weight excluding hydrogens is 362 g/mol. The monoisotopic (exact) mass is 377 g/mol. The fourth-order valence-corrected chi connectivity index (χ4v) is 3.03. The minimum Gasteiger partial charge on any atom is -0.480 e. The molecule has 1 saturated heterocycles. The Bertz CT molecular complexity index is 726. The van der Waals surface area contributed by atoms with Gasteiger partial charge in [-0.2, -0.15) is 5.10 Å². The number of amides is 1. The van der Waals surface area contributed by atoms with Crippen molar-refractivity contribution in [3.05, 3.63) is 46.7 Å². The van der Waals surface area contributed by atoms with Gasteiger partial charge in [-0.15, -0.1) is 0 Å². The summed E-state index contributed by atoms with van der Waals surface area (Å²) in [6, 6.07) is 6.80. The number of rotatable bonds is 3.